The number of nitrogens with zero attached hydrogens (tertiary/aromatic N) is 2. The lowest BCUT2D eigenvalue weighted by atomic mass is 10.3. The molecule has 0 spiro atoms. The number of aldehydes is 2. The SMILES string of the molecule is O=CC(C=O)N=Nc1ccccc1I. The van der Waals surface area contributed by atoms with Gasteiger partial charge in [0.05, 0.1) is 5.69 Å². The fourth-order valence-corrected chi connectivity index (χ4v) is 1.24. The van der Waals surface area contributed by atoms with Crippen LogP contribution in [0.4, 0.5) is 5.69 Å². The Labute approximate surface area is 94.6 Å². The van der Waals surface area contributed by atoms with Crippen molar-refractivity contribution in [3.63, 3.8) is 0 Å². The average molecular weight is 302 g/mol. The Morgan fingerprint density at radius 2 is 1.86 bits per heavy atom. The van der Waals surface area contributed by atoms with Gasteiger partial charge in [-0.2, -0.15) is 10.2 Å². The van der Waals surface area contributed by atoms with Crippen LogP contribution in [0.5, 0.6) is 0 Å². The van der Waals surface area contributed by atoms with E-state index < -0.39 is 6.04 Å². The Morgan fingerprint density at radius 3 is 2.43 bits per heavy atom. The molecule has 0 atom stereocenters. The number of azo groups is 1. The van der Waals surface area contributed by atoms with E-state index in [1.54, 1.807) is 6.07 Å². The summed E-state index contributed by atoms with van der Waals surface area (Å²) in [5.41, 5.74) is 0.654. The monoisotopic (exact) mass is 302 g/mol. The highest BCUT2D eigenvalue weighted by Gasteiger charge is 2.01. The first-order chi connectivity index (χ1) is 6.77. The Hall–Kier alpha value is -1.11. The van der Waals surface area contributed by atoms with Gasteiger partial charge in [-0.25, -0.2) is 0 Å². The summed E-state index contributed by atoms with van der Waals surface area (Å²) in [6.07, 6.45) is 0.901. The molecule has 0 amide bonds. The average Bonchev–Trinajstić information content (AvgIpc) is 2.22. The van der Waals surface area contributed by atoms with Crippen LogP contribution in [-0.2, 0) is 9.59 Å². The molecule has 5 heteroatoms. The Balaban J connectivity index is 2.82. The highest BCUT2D eigenvalue weighted by atomic mass is 127. The predicted molar refractivity (Wildman–Crippen MR) is 59.6 cm³/mol. The van der Waals surface area contributed by atoms with E-state index in [-0.39, 0.29) is 0 Å². The van der Waals surface area contributed by atoms with E-state index in [1.807, 2.05) is 18.2 Å². The number of benzene rings is 1. The molecule has 0 heterocycles. The number of hydrogen-bond acceptors (Lipinski definition) is 4. The zero-order valence-corrected chi connectivity index (χ0v) is 9.29. The van der Waals surface area contributed by atoms with Crippen LogP contribution in [0.25, 0.3) is 0 Å². The summed E-state index contributed by atoms with van der Waals surface area (Å²) in [7, 11) is 0. The quantitative estimate of drug-likeness (QED) is 0.370. The van der Waals surface area contributed by atoms with Crippen molar-refractivity contribution in [2.45, 2.75) is 6.04 Å². The first-order valence-electron chi connectivity index (χ1n) is 3.84. The lowest BCUT2D eigenvalue weighted by Gasteiger charge is -1.95. The molecular weight excluding hydrogens is 295 g/mol. The summed E-state index contributed by atoms with van der Waals surface area (Å²) < 4.78 is 0.921. The van der Waals surface area contributed by atoms with Gasteiger partial charge in [-0.1, -0.05) is 12.1 Å². The molecule has 14 heavy (non-hydrogen) atoms. The molecule has 0 aliphatic heterocycles. The van der Waals surface area contributed by atoms with Crippen LogP contribution < -0.4 is 0 Å². The van der Waals surface area contributed by atoms with Crippen molar-refractivity contribution in [3.8, 4) is 0 Å². The maximum absolute atomic E-state index is 10.3. The fraction of sp³-hybridized carbons (Fsp3) is 0.111. The summed E-state index contributed by atoms with van der Waals surface area (Å²) in [5, 5.41) is 7.38. The number of carbonyl (C=O) groups is 2. The Kier molecular flexibility index (Phi) is 4.37. The third kappa shape index (κ3) is 2.99. The summed E-state index contributed by atoms with van der Waals surface area (Å²) >= 11 is 2.10. The van der Waals surface area contributed by atoms with Crippen molar-refractivity contribution in [1.82, 2.24) is 0 Å². The first-order valence-corrected chi connectivity index (χ1v) is 4.91. The third-order valence-corrected chi connectivity index (χ3v) is 2.34. The summed E-state index contributed by atoms with van der Waals surface area (Å²) in [4.78, 5) is 20.5. The van der Waals surface area contributed by atoms with E-state index in [2.05, 4.69) is 32.8 Å². The third-order valence-electron chi connectivity index (χ3n) is 1.43. The van der Waals surface area contributed by atoms with E-state index >= 15 is 0 Å². The second-order valence-electron chi connectivity index (χ2n) is 2.43. The molecule has 1 rings (SSSR count). The molecule has 1 aromatic carbocycles. The van der Waals surface area contributed by atoms with Crippen molar-refractivity contribution >= 4 is 40.9 Å². The second kappa shape index (κ2) is 5.58. The fourth-order valence-electron chi connectivity index (χ4n) is 0.748. The number of carbonyl (C=O) groups excluding carboxylic acids is 2. The van der Waals surface area contributed by atoms with Crippen LogP contribution in [-0.4, -0.2) is 18.6 Å². The molecule has 0 saturated carbocycles. The van der Waals surface area contributed by atoms with Crippen LogP contribution in [0.1, 0.15) is 0 Å². The van der Waals surface area contributed by atoms with Gasteiger partial charge in [-0.15, -0.1) is 0 Å². The topological polar surface area (TPSA) is 58.9 Å². The predicted octanol–water partition coefficient (Wildman–Crippen LogP) is 2.14. The van der Waals surface area contributed by atoms with Crippen molar-refractivity contribution in [1.29, 1.82) is 0 Å². The highest BCUT2D eigenvalue weighted by Crippen LogP contribution is 2.20. The maximum atomic E-state index is 10.3. The standard InChI is InChI=1S/C9H7IN2O2/c10-8-3-1-2-4-9(8)12-11-7(5-13)6-14/h1-7H. The van der Waals surface area contributed by atoms with E-state index in [0.29, 0.717) is 18.3 Å². The first kappa shape index (κ1) is 11.0. The zero-order valence-electron chi connectivity index (χ0n) is 7.13. The number of hydrogen-bond donors (Lipinski definition) is 0. The Morgan fingerprint density at radius 1 is 1.21 bits per heavy atom. The molecule has 0 saturated heterocycles. The normalized spacial score (nSPS) is 10.7. The number of halogens is 1. The molecule has 0 aliphatic carbocycles. The summed E-state index contributed by atoms with van der Waals surface area (Å²) in [5.74, 6) is 0. The van der Waals surface area contributed by atoms with Crippen molar-refractivity contribution < 1.29 is 9.59 Å². The van der Waals surface area contributed by atoms with Crippen molar-refractivity contribution in [2.75, 3.05) is 0 Å². The van der Waals surface area contributed by atoms with E-state index in [9.17, 15) is 9.59 Å². The molecule has 0 aromatic heterocycles. The molecule has 0 radical (unpaired) electrons. The van der Waals surface area contributed by atoms with Crippen LogP contribution in [0.2, 0.25) is 0 Å². The molecular formula is C9H7IN2O2. The molecule has 72 valence electrons. The van der Waals surface area contributed by atoms with Gasteiger partial charge in [0.2, 0.25) is 0 Å². The van der Waals surface area contributed by atoms with Crippen LogP contribution in [0, 0.1) is 3.57 Å². The van der Waals surface area contributed by atoms with Crippen LogP contribution in [0.15, 0.2) is 34.5 Å². The van der Waals surface area contributed by atoms with Gasteiger partial charge in [0, 0.05) is 3.57 Å². The summed E-state index contributed by atoms with van der Waals surface area (Å²) in [6.45, 7) is 0. The zero-order chi connectivity index (χ0) is 10.4. The molecule has 1 aromatic rings. The smallest absolute Gasteiger partial charge is 0.181 e. The lowest BCUT2D eigenvalue weighted by Crippen LogP contribution is -2.05. The van der Waals surface area contributed by atoms with Crippen molar-refractivity contribution in [3.05, 3.63) is 27.8 Å². The van der Waals surface area contributed by atoms with Gasteiger partial charge in [-0.3, -0.25) is 0 Å². The van der Waals surface area contributed by atoms with E-state index in [4.69, 9.17) is 0 Å². The van der Waals surface area contributed by atoms with E-state index in [1.165, 1.54) is 0 Å². The van der Waals surface area contributed by atoms with Gasteiger partial charge in [-0.05, 0) is 34.7 Å². The molecule has 0 bridgehead atoms. The molecule has 4 nitrogen and oxygen atoms in total. The van der Waals surface area contributed by atoms with Crippen LogP contribution in [0.3, 0.4) is 0 Å². The van der Waals surface area contributed by atoms with Gasteiger partial charge in [0.1, 0.15) is 0 Å². The minimum absolute atomic E-state index is 0.451. The van der Waals surface area contributed by atoms with Gasteiger partial charge < -0.3 is 9.59 Å². The van der Waals surface area contributed by atoms with E-state index in [0.717, 1.165) is 3.57 Å². The minimum atomic E-state index is -0.994. The van der Waals surface area contributed by atoms with Crippen LogP contribution >= 0.6 is 22.6 Å². The molecule has 0 aliphatic rings. The number of rotatable bonds is 4. The minimum Gasteiger partial charge on any atom is -0.300 e. The summed E-state index contributed by atoms with van der Waals surface area (Å²) in [6, 6.07) is 6.32. The molecule has 0 fully saturated rings. The second-order valence-corrected chi connectivity index (χ2v) is 3.59. The molecule has 0 N–H and O–H groups in total. The molecule has 0 unspecified atom stereocenters. The van der Waals surface area contributed by atoms with Gasteiger partial charge in [0.25, 0.3) is 0 Å². The largest absolute Gasteiger partial charge is 0.300 e. The highest BCUT2D eigenvalue weighted by molar-refractivity contribution is 14.1. The Bertz CT molecular complexity index is 358. The van der Waals surface area contributed by atoms with Gasteiger partial charge >= 0.3 is 0 Å². The van der Waals surface area contributed by atoms with Gasteiger partial charge in [0.15, 0.2) is 18.6 Å². The lowest BCUT2D eigenvalue weighted by molar-refractivity contribution is -0.116. The maximum Gasteiger partial charge on any atom is 0.181 e. The van der Waals surface area contributed by atoms with Crippen molar-refractivity contribution in [2.24, 2.45) is 10.2 Å².